The van der Waals surface area contributed by atoms with E-state index in [1.54, 1.807) is 13.0 Å². The summed E-state index contributed by atoms with van der Waals surface area (Å²) < 4.78 is 0. The Kier molecular flexibility index (Phi) is 3.79. The Hall–Kier alpha value is -2.37. The molecule has 0 aliphatic rings. The number of nitrogens with zero attached hydrogens (tertiary/aromatic N) is 1. The fraction of sp³-hybridized carbons (Fsp3) is 0.118. The van der Waals surface area contributed by atoms with Gasteiger partial charge in [-0.25, -0.2) is 0 Å². The van der Waals surface area contributed by atoms with Gasteiger partial charge in [0.05, 0.1) is 11.6 Å². The number of benzene rings is 2. The quantitative estimate of drug-likeness (QED) is 0.846. The van der Waals surface area contributed by atoms with Crippen molar-refractivity contribution in [2.75, 3.05) is 0 Å². The Morgan fingerprint density at radius 1 is 1.05 bits per heavy atom. The minimum atomic E-state index is -1.29. The number of aliphatic hydroxyl groups is 1. The van der Waals surface area contributed by atoms with Crippen molar-refractivity contribution in [2.24, 2.45) is 0 Å². The van der Waals surface area contributed by atoms with Gasteiger partial charge in [-0.1, -0.05) is 60.7 Å². The van der Waals surface area contributed by atoms with E-state index in [1.807, 2.05) is 60.7 Å². The third kappa shape index (κ3) is 2.90. The minimum absolute atomic E-state index is 0.324. The van der Waals surface area contributed by atoms with Crippen molar-refractivity contribution in [1.29, 1.82) is 5.26 Å². The lowest BCUT2D eigenvalue weighted by atomic mass is 9.87. The van der Waals surface area contributed by atoms with Crippen molar-refractivity contribution < 1.29 is 5.11 Å². The summed E-state index contributed by atoms with van der Waals surface area (Å²) in [6, 6.07) is 20.8. The van der Waals surface area contributed by atoms with Crippen LogP contribution in [0.25, 0.3) is 6.08 Å². The Morgan fingerprint density at radius 3 is 2.11 bits per heavy atom. The molecule has 2 heteroatoms. The van der Waals surface area contributed by atoms with Gasteiger partial charge in [0.15, 0.2) is 0 Å². The standard InChI is InChI=1S/C17H15NO/c1-17(19,15-10-6-3-7-11-15)16(13-18)12-14-8-4-2-5-9-14/h2-12,19H,1H3/b16-12+. The zero-order chi connectivity index (χ0) is 13.7. The predicted octanol–water partition coefficient (Wildman–Crippen LogP) is 3.50. The lowest BCUT2D eigenvalue weighted by Gasteiger charge is -2.23. The van der Waals surface area contributed by atoms with Gasteiger partial charge in [-0.2, -0.15) is 5.26 Å². The zero-order valence-corrected chi connectivity index (χ0v) is 10.7. The van der Waals surface area contributed by atoms with E-state index in [-0.39, 0.29) is 0 Å². The summed E-state index contributed by atoms with van der Waals surface area (Å²) in [5.74, 6) is 0. The largest absolute Gasteiger partial charge is 0.380 e. The molecular formula is C17H15NO. The van der Waals surface area contributed by atoms with Crippen molar-refractivity contribution in [3.05, 3.63) is 77.4 Å². The third-order valence-corrected chi connectivity index (χ3v) is 3.09. The maximum Gasteiger partial charge on any atom is 0.122 e. The number of hydrogen-bond donors (Lipinski definition) is 1. The van der Waals surface area contributed by atoms with Crippen LogP contribution in [0, 0.1) is 11.3 Å². The molecule has 0 saturated heterocycles. The number of hydrogen-bond acceptors (Lipinski definition) is 2. The van der Waals surface area contributed by atoms with Crippen molar-refractivity contribution in [1.82, 2.24) is 0 Å². The molecule has 0 aliphatic carbocycles. The fourth-order valence-corrected chi connectivity index (χ4v) is 1.92. The minimum Gasteiger partial charge on any atom is -0.380 e. The highest BCUT2D eigenvalue weighted by molar-refractivity contribution is 5.60. The van der Waals surface area contributed by atoms with E-state index in [1.165, 1.54) is 0 Å². The number of rotatable bonds is 3. The van der Waals surface area contributed by atoms with Gasteiger partial charge in [0.25, 0.3) is 0 Å². The first-order valence-corrected chi connectivity index (χ1v) is 6.10. The molecule has 2 nitrogen and oxygen atoms in total. The highest BCUT2D eigenvalue weighted by atomic mass is 16.3. The number of nitriles is 1. The van der Waals surface area contributed by atoms with Gasteiger partial charge in [0, 0.05) is 0 Å². The molecule has 0 heterocycles. The van der Waals surface area contributed by atoms with Crippen molar-refractivity contribution in [3.63, 3.8) is 0 Å². The molecule has 1 unspecified atom stereocenters. The van der Waals surface area contributed by atoms with E-state index < -0.39 is 5.60 Å². The van der Waals surface area contributed by atoms with E-state index >= 15 is 0 Å². The summed E-state index contributed by atoms with van der Waals surface area (Å²) in [4.78, 5) is 0. The topological polar surface area (TPSA) is 44.0 Å². The molecule has 1 atom stereocenters. The molecule has 0 radical (unpaired) electrons. The van der Waals surface area contributed by atoms with Gasteiger partial charge in [0.1, 0.15) is 5.60 Å². The van der Waals surface area contributed by atoms with E-state index in [2.05, 4.69) is 6.07 Å². The summed E-state index contributed by atoms with van der Waals surface area (Å²) in [6.45, 7) is 1.64. The van der Waals surface area contributed by atoms with Gasteiger partial charge in [-0.05, 0) is 24.1 Å². The molecule has 19 heavy (non-hydrogen) atoms. The fourth-order valence-electron chi connectivity index (χ4n) is 1.92. The smallest absolute Gasteiger partial charge is 0.122 e. The van der Waals surface area contributed by atoms with Crippen LogP contribution < -0.4 is 0 Å². The second-order valence-electron chi connectivity index (χ2n) is 4.52. The summed E-state index contributed by atoms with van der Waals surface area (Å²) in [7, 11) is 0. The molecule has 0 bridgehead atoms. The molecule has 0 aromatic heterocycles. The van der Waals surface area contributed by atoms with Crippen LogP contribution in [0.4, 0.5) is 0 Å². The highest BCUT2D eigenvalue weighted by Crippen LogP contribution is 2.29. The van der Waals surface area contributed by atoms with Crippen LogP contribution >= 0.6 is 0 Å². The van der Waals surface area contributed by atoms with E-state index in [9.17, 15) is 10.4 Å². The molecule has 0 spiro atoms. The predicted molar refractivity (Wildman–Crippen MR) is 76.0 cm³/mol. The molecule has 0 aliphatic heterocycles. The van der Waals surface area contributed by atoms with Crippen LogP contribution in [0.3, 0.4) is 0 Å². The maximum absolute atomic E-state index is 10.6. The molecule has 2 rings (SSSR count). The summed E-state index contributed by atoms with van der Waals surface area (Å²) >= 11 is 0. The summed E-state index contributed by atoms with van der Waals surface area (Å²) in [6.07, 6.45) is 1.72. The van der Waals surface area contributed by atoms with Crippen molar-refractivity contribution >= 4 is 6.08 Å². The Balaban J connectivity index is 2.43. The normalized spacial score (nSPS) is 14.5. The Morgan fingerprint density at radius 2 is 1.58 bits per heavy atom. The Labute approximate surface area is 113 Å². The van der Waals surface area contributed by atoms with Gasteiger partial charge in [-0.3, -0.25) is 0 Å². The van der Waals surface area contributed by atoms with Gasteiger partial charge in [-0.15, -0.1) is 0 Å². The first-order valence-electron chi connectivity index (χ1n) is 6.10. The van der Waals surface area contributed by atoms with Crippen LogP contribution in [0.2, 0.25) is 0 Å². The molecule has 94 valence electrons. The van der Waals surface area contributed by atoms with Crippen LogP contribution in [0.15, 0.2) is 66.2 Å². The Bertz CT molecular complexity index is 607. The molecule has 2 aromatic carbocycles. The SMILES string of the molecule is CC(O)(/C(C#N)=C/c1ccccc1)c1ccccc1. The molecule has 0 amide bonds. The van der Waals surface area contributed by atoms with Gasteiger partial charge in [0.2, 0.25) is 0 Å². The first kappa shape index (κ1) is 13.1. The lowest BCUT2D eigenvalue weighted by Crippen LogP contribution is -2.23. The van der Waals surface area contributed by atoms with Crippen LogP contribution in [-0.4, -0.2) is 5.11 Å². The maximum atomic E-state index is 10.6. The van der Waals surface area contributed by atoms with Crippen LogP contribution in [-0.2, 0) is 5.60 Å². The van der Waals surface area contributed by atoms with E-state index in [0.29, 0.717) is 11.1 Å². The zero-order valence-electron chi connectivity index (χ0n) is 10.7. The molecule has 2 aromatic rings. The van der Waals surface area contributed by atoms with Crippen molar-refractivity contribution in [3.8, 4) is 6.07 Å². The van der Waals surface area contributed by atoms with E-state index in [0.717, 1.165) is 5.56 Å². The summed E-state index contributed by atoms with van der Waals surface area (Å²) in [5, 5.41) is 19.9. The first-order chi connectivity index (χ1) is 9.14. The highest BCUT2D eigenvalue weighted by Gasteiger charge is 2.28. The van der Waals surface area contributed by atoms with Crippen LogP contribution in [0.5, 0.6) is 0 Å². The van der Waals surface area contributed by atoms with Crippen LogP contribution in [0.1, 0.15) is 18.1 Å². The molecule has 1 N–H and O–H groups in total. The summed E-state index contributed by atoms with van der Waals surface area (Å²) in [5.41, 5.74) is 0.644. The van der Waals surface area contributed by atoms with Gasteiger partial charge < -0.3 is 5.11 Å². The molecule has 0 saturated carbocycles. The lowest BCUT2D eigenvalue weighted by molar-refractivity contribution is 0.103. The second-order valence-corrected chi connectivity index (χ2v) is 4.52. The monoisotopic (exact) mass is 249 g/mol. The average Bonchev–Trinajstić information content (AvgIpc) is 2.46. The average molecular weight is 249 g/mol. The second kappa shape index (κ2) is 5.51. The third-order valence-electron chi connectivity index (χ3n) is 3.09. The molecular weight excluding hydrogens is 234 g/mol. The molecule has 0 fully saturated rings. The van der Waals surface area contributed by atoms with Gasteiger partial charge >= 0.3 is 0 Å². The van der Waals surface area contributed by atoms with E-state index in [4.69, 9.17) is 0 Å². The van der Waals surface area contributed by atoms with Crippen molar-refractivity contribution in [2.45, 2.75) is 12.5 Å².